The van der Waals surface area contributed by atoms with Crippen molar-refractivity contribution < 1.29 is 17.9 Å². The molecule has 0 radical (unpaired) electrons. The van der Waals surface area contributed by atoms with E-state index in [-0.39, 0.29) is 16.9 Å². The van der Waals surface area contributed by atoms with E-state index in [0.29, 0.717) is 17.1 Å². The molecule has 3 aromatic rings. The maximum atomic E-state index is 12.5. The number of benzene rings is 2. The lowest BCUT2D eigenvalue weighted by atomic mass is 9.86. The van der Waals surface area contributed by atoms with Gasteiger partial charge in [-0.25, -0.2) is 8.42 Å². The Bertz CT molecular complexity index is 1120. The Morgan fingerprint density at radius 3 is 2.57 bits per heavy atom. The van der Waals surface area contributed by atoms with Gasteiger partial charge in [-0.1, -0.05) is 45.0 Å². The molecular formula is C21H24N4O4S. The number of carbonyl (C=O) groups is 1. The van der Waals surface area contributed by atoms with Gasteiger partial charge in [-0.2, -0.15) is 5.10 Å². The molecule has 158 valence electrons. The summed E-state index contributed by atoms with van der Waals surface area (Å²) in [6, 6.07) is 13.5. The SMILES string of the molecule is CC(C)(C)c1ccccc1OCC(=O)Nc1cccc(S(=O)(=O)Nc2cn[nH]c2)c1. The molecule has 1 heterocycles. The first-order valence-electron chi connectivity index (χ1n) is 9.29. The molecule has 1 aromatic heterocycles. The number of para-hydroxylation sites is 1. The van der Waals surface area contributed by atoms with E-state index >= 15 is 0 Å². The normalized spacial score (nSPS) is 11.7. The Morgan fingerprint density at radius 1 is 1.10 bits per heavy atom. The molecule has 0 fully saturated rings. The van der Waals surface area contributed by atoms with Crippen LogP contribution >= 0.6 is 0 Å². The topological polar surface area (TPSA) is 113 Å². The minimum Gasteiger partial charge on any atom is -0.483 e. The van der Waals surface area contributed by atoms with Crippen molar-refractivity contribution in [2.45, 2.75) is 31.1 Å². The molecule has 2 aromatic carbocycles. The first kappa shape index (κ1) is 21.4. The lowest BCUT2D eigenvalue weighted by Gasteiger charge is -2.22. The molecule has 0 saturated carbocycles. The van der Waals surface area contributed by atoms with Crippen LogP contribution in [-0.4, -0.2) is 31.1 Å². The standard InChI is InChI=1S/C21H24N4O4S/c1-21(2,3)18-9-4-5-10-19(18)29-14-20(26)24-15-7-6-8-17(11-15)30(27,28)25-16-12-22-23-13-16/h4-13,25H,14H2,1-3H3,(H,22,23)(H,24,26). The smallest absolute Gasteiger partial charge is 0.262 e. The Balaban J connectivity index is 1.66. The third kappa shape index (κ3) is 5.38. The second kappa shape index (κ2) is 8.58. The Morgan fingerprint density at radius 2 is 1.87 bits per heavy atom. The largest absolute Gasteiger partial charge is 0.483 e. The molecule has 0 atom stereocenters. The maximum Gasteiger partial charge on any atom is 0.262 e. The van der Waals surface area contributed by atoms with Gasteiger partial charge in [0.1, 0.15) is 5.75 Å². The minimum atomic E-state index is -3.81. The van der Waals surface area contributed by atoms with Gasteiger partial charge in [-0.15, -0.1) is 0 Å². The first-order chi connectivity index (χ1) is 14.1. The van der Waals surface area contributed by atoms with Gasteiger partial charge in [0.2, 0.25) is 0 Å². The number of nitrogens with zero attached hydrogens (tertiary/aromatic N) is 1. The predicted molar refractivity (Wildman–Crippen MR) is 115 cm³/mol. The third-order valence-electron chi connectivity index (χ3n) is 4.23. The molecule has 0 spiro atoms. The van der Waals surface area contributed by atoms with E-state index in [2.05, 4.69) is 41.0 Å². The number of hydrogen-bond acceptors (Lipinski definition) is 5. The van der Waals surface area contributed by atoms with Crippen molar-refractivity contribution in [1.82, 2.24) is 10.2 Å². The summed E-state index contributed by atoms with van der Waals surface area (Å²) in [5.74, 6) is 0.247. The number of aromatic nitrogens is 2. The van der Waals surface area contributed by atoms with Crippen molar-refractivity contribution in [3.05, 3.63) is 66.5 Å². The van der Waals surface area contributed by atoms with E-state index < -0.39 is 15.9 Å². The highest BCUT2D eigenvalue weighted by Crippen LogP contribution is 2.30. The van der Waals surface area contributed by atoms with Crippen molar-refractivity contribution >= 4 is 27.3 Å². The van der Waals surface area contributed by atoms with Gasteiger partial charge in [-0.3, -0.25) is 14.6 Å². The average Bonchev–Trinajstić information content (AvgIpc) is 3.18. The first-order valence-corrected chi connectivity index (χ1v) is 10.8. The molecule has 1 amide bonds. The van der Waals surface area contributed by atoms with E-state index in [9.17, 15) is 13.2 Å². The summed E-state index contributed by atoms with van der Waals surface area (Å²) in [4.78, 5) is 12.4. The van der Waals surface area contributed by atoms with Crippen molar-refractivity contribution in [3.8, 4) is 5.75 Å². The van der Waals surface area contributed by atoms with Crippen LogP contribution in [0.15, 0.2) is 65.8 Å². The van der Waals surface area contributed by atoms with E-state index in [1.807, 2.05) is 24.3 Å². The molecule has 0 aliphatic rings. The van der Waals surface area contributed by atoms with Crippen LogP contribution in [0.3, 0.4) is 0 Å². The van der Waals surface area contributed by atoms with Crippen molar-refractivity contribution in [1.29, 1.82) is 0 Å². The third-order valence-corrected chi connectivity index (χ3v) is 5.61. The monoisotopic (exact) mass is 428 g/mol. The van der Waals surface area contributed by atoms with Gasteiger partial charge in [-0.05, 0) is 35.2 Å². The maximum absolute atomic E-state index is 12.5. The van der Waals surface area contributed by atoms with Crippen LogP contribution in [0.5, 0.6) is 5.75 Å². The average molecular weight is 429 g/mol. The number of H-pyrrole nitrogens is 1. The zero-order valence-electron chi connectivity index (χ0n) is 17.0. The predicted octanol–water partition coefficient (Wildman–Crippen LogP) is 3.53. The van der Waals surface area contributed by atoms with Crippen LogP contribution in [0.25, 0.3) is 0 Å². The van der Waals surface area contributed by atoms with Crippen LogP contribution in [0.1, 0.15) is 26.3 Å². The number of aromatic amines is 1. The summed E-state index contributed by atoms with van der Waals surface area (Å²) in [6.45, 7) is 6.01. The molecule has 0 unspecified atom stereocenters. The van der Waals surface area contributed by atoms with Crippen molar-refractivity contribution in [2.75, 3.05) is 16.6 Å². The number of rotatable bonds is 7. The second-order valence-corrected chi connectivity index (χ2v) is 9.39. The zero-order valence-corrected chi connectivity index (χ0v) is 17.8. The lowest BCUT2D eigenvalue weighted by Crippen LogP contribution is -2.22. The van der Waals surface area contributed by atoms with E-state index in [4.69, 9.17) is 4.74 Å². The molecule has 0 aliphatic carbocycles. The molecule has 0 saturated heterocycles. The lowest BCUT2D eigenvalue weighted by molar-refractivity contribution is -0.118. The fraction of sp³-hybridized carbons (Fsp3) is 0.238. The highest BCUT2D eigenvalue weighted by Gasteiger charge is 2.19. The Labute approximate surface area is 175 Å². The number of carbonyl (C=O) groups excluding carboxylic acids is 1. The van der Waals surface area contributed by atoms with Crippen LogP contribution in [0, 0.1) is 0 Å². The summed E-state index contributed by atoms with van der Waals surface area (Å²) < 4.78 is 33.1. The molecule has 3 rings (SSSR count). The van der Waals surface area contributed by atoms with Gasteiger partial charge in [0.15, 0.2) is 6.61 Å². The van der Waals surface area contributed by atoms with Gasteiger partial charge < -0.3 is 10.1 Å². The van der Waals surface area contributed by atoms with Gasteiger partial charge >= 0.3 is 0 Å². The summed E-state index contributed by atoms with van der Waals surface area (Å²) >= 11 is 0. The Hall–Kier alpha value is -3.33. The summed E-state index contributed by atoms with van der Waals surface area (Å²) in [5.41, 5.74) is 1.53. The van der Waals surface area contributed by atoms with Crippen LogP contribution < -0.4 is 14.8 Å². The zero-order chi connectivity index (χ0) is 21.8. The number of hydrogen-bond donors (Lipinski definition) is 3. The fourth-order valence-electron chi connectivity index (χ4n) is 2.81. The molecule has 9 heteroatoms. The van der Waals surface area contributed by atoms with Gasteiger partial charge in [0.25, 0.3) is 15.9 Å². The Kier molecular flexibility index (Phi) is 6.12. The number of anilines is 2. The van der Waals surface area contributed by atoms with E-state index in [1.54, 1.807) is 12.1 Å². The van der Waals surface area contributed by atoms with Gasteiger partial charge in [0, 0.05) is 11.9 Å². The number of ether oxygens (including phenoxy) is 1. The van der Waals surface area contributed by atoms with Gasteiger partial charge in [0.05, 0.1) is 16.8 Å². The molecule has 0 aliphatic heterocycles. The highest BCUT2D eigenvalue weighted by molar-refractivity contribution is 7.92. The van der Waals surface area contributed by atoms with Crippen LogP contribution in [-0.2, 0) is 20.2 Å². The molecular weight excluding hydrogens is 404 g/mol. The highest BCUT2D eigenvalue weighted by atomic mass is 32.2. The fourth-order valence-corrected chi connectivity index (χ4v) is 3.89. The molecule has 30 heavy (non-hydrogen) atoms. The summed E-state index contributed by atoms with van der Waals surface area (Å²) in [7, 11) is -3.81. The molecule has 3 N–H and O–H groups in total. The number of sulfonamides is 1. The summed E-state index contributed by atoms with van der Waals surface area (Å²) in [6.07, 6.45) is 2.78. The number of amides is 1. The number of nitrogens with one attached hydrogen (secondary N) is 3. The minimum absolute atomic E-state index is 0.0143. The second-order valence-electron chi connectivity index (χ2n) is 7.70. The van der Waals surface area contributed by atoms with E-state index in [0.717, 1.165) is 5.56 Å². The quantitative estimate of drug-likeness (QED) is 0.533. The van der Waals surface area contributed by atoms with Crippen LogP contribution in [0.2, 0.25) is 0 Å². The van der Waals surface area contributed by atoms with E-state index in [1.165, 1.54) is 24.5 Å². The summed E-state index contributed by atoms with van der Waals surface area (Å²) in [5, 5.41) is 8.90. The molecule has 0 bridgehead atoms. The van der Waals surface area contributed by atoms with Crippen molar-refractivity contribution in [2.24, 2.45) is 0 Å². The van der Waals surface area contributed by atoms with Crippen molar-refractivity contribution in [3.63, 3.8) is 0 Å². The molecule has 8 nitrogen and oxygen atoms in total. The van der Waals surface area contributed by atoms with Crippen LogP contribution in [0.4, 0.5) is 11.4 Å².